The van der Waals surface area contributed by atoms with Crippen LogP contribution in [0.5, 0.6) is 0 Å². The molecule has 1 N–H and O–H groups in total. The average Bonchev–Trinajstić information content (AvgIpc) is 2.73. The van der Waals surface area contributed by atoms with Crippen molar-refractivity contribution in [2.45, 2.75) is 24.9 Å². The van der Waals surface area contributed by atoms with E-state index in [1.807, 2.05) is 60.7 Å². The second-order valence-electron chi connectivity index (χ2n) is 7.23. The Morgan fingerprint density at radius 1 is 0.931 bits per heavy atom. The smallest absolute Gasteiger partial charge is 0.355 e. The Bertz CT molecular complexity index is 777. The van der Waals surface area contributed by atoms with E-state index in [0.717, 1.165) is 16.0 Å². The van der Waals surface area contributed by atoms with Gasteiger partial charge in [-0.1, -0.05) is 60.7 Å². The highest BCUT2D eigenvalue weighted by atomic mass is 19.4. The monoisotopic (exact) mass is 404 g/mol. The topological polar surface area (TPSA) is 49.4 Å². The minimum atomic E-state index is -4.83. The van der Waals surface area contributed by atoms with E-state index in [0.29, 0.717) is 19.4 Å². The number of piperidine rings is 1. The quantitative estimate of drug-likeness (QED) is 0.826. The van der Waals surface area contributed by atoms with Gasteiger partial charge in [-0.2, -0.15) is 13.2 Å². The van der Waals surface area contributed by atoms with Crippen LogP contribution >= 0.6 is 0 Å². The van der Waals surface area contributed by atoms with Crippen molar-refractivity contribution < 1.29 is 22.8 Å². The number of amides is 2. The van der Waals surface area contributed by atoms with E-state index in [9.17, 15) is 22.8 Å². The summed E-state index contributed by atoms with van der Waals surface area (Å²) in [6.45, 7) is 0.488. The van der Waals surface area contributed by atoms with Crippen molar-refractivity contribution >= 4 is 11.8 Å². The number of carbonyl (C=O) groups excluding carboxylic acids is 2. The van der Waals surface area contributed by atoms with Crippen LogP contribution in [0.2, 0.25) is 0 Å². The number of halogens is 3. The number of benzene rings is 2. The molecule has 1 heterocycles. The number of hydrogen-bond donors (Lipinski definition) is 1. The van der Waals surface area contributed by atoms with Gasteiger partial charge in [0.15, 0.2) is 0 Å². The third kappa shape index (κ3) is 5.37. The third-order valence-electron chi connectivity index (χ3n) is 5.24. The van der Waals surface area contributed by atoms with Gasteiger partial charge in [-0.15, -0.1) is 0 Å². The molecule has 2 aromatic rings. The summed E-state index contributed by atoms with van der Waals surface area (Å²) < 4.78 is 37.6. The largest absolute Gasteiger partial charge is 0.471 e. The van der Waals surface area contributed by atoms with Crippen molar-refractivity contribution in [1.29, 1.82) is 0 Å². The van der Waals surface area contributed by atoms with E-state index >= 15 is 0 Å². The van der Waals surface area contributed by atoms with Gasteiger partial charge in [0.05, 0.1) is 5.92 Å². The molecule has 1 aliphatic heterocycles. The lowest BCUT2D eigenvalue weighted by molar-refractivity contribution is -0.186. The summed E-state index contributed by atoms with van der Waals surface area (Å²) in [6, 6.07) is 18.9. The van der Waals surface area contributed by atoms with Crippen LogP contribution in [0.4, 0.5) is 13.2 Å². The lowest BCUT2D eigenvalue weighted by atomic mass is 9.90. The van der Waals surface area contributed by atoms with Crippen LogP contribution in [-0.2, 0) is 9.59 Å². The Morgan fingerprint density at radius 3 is 1.86 bits per heavy atom. The summed E-state index contributed by atoms with van der Waals surface area (Å²) in [7, 11) is 0. The molecule has 2 amide bonds. The Morgan fingerprint density at radius 2 is 1.41 bits per heavy atom. The summed E-state index contributed by atoms with van der Waals surface area (Å²) in [6.07, 6.45) is -3.97. The molecule has 0 aliphatic carbocycles. The summed E-state index contributed by atoms with van der Waals surface area (Å²) in [5.74, 6) is -2.34. The molecule has 29 heavy (non-hydrogen) atoms. The molecular formula is C22H23F3N2O2. The number of likely N-dealkylation sites (tertiary alicyclic amines) is 1. The van der Waals surface area contributed by atoms with Crippen molar-refractivity contribution in [3.8, 4) is 0 Å². The second-order valence-corrected chi connectivity index (χ2v) is 7.23. The van der Waals surface area contributed by atoms with Crippen LogP contribution < -0.4 is 5.32 Å². The fourth-order valence-corrected chi connectivity index (χ4v) is 3.65. The minimum Gasteiger partial charge on any atom is -0.355 e. The molecule has 3 rings (SSSR count). The van der Waals surface area contributed by atoms with Crippen molar-refractivity contribution in [2.75, 3.05) is 19.6 Å². The highest BCUT2D eigenvalue weighted by Crippen LogP contribution is 2.26. The second kappa shape index (κ2) is 9.11. The maximum absolute atomic E-state index is 13.0. The lowest BCUT2D eigenvalue weighted by Gasteiger charge is -2.32. The number of carbonyl (C=O) groups is 2. The standard InChI is InChI=1S/C22H23F3N2O2/c23-22(24,25)21(29)27-13-11-16(12-14-27)15-26-20(28)19(17-7-3-1-4-8-17)18-9-5-2-6-10-18/h1-10,16,19H,11-15H2,(H,26,28). The normalized spacial score (nSPS) is 15.4. The maximum atomic E-state index is 13.0. The molecule has 0 spiro atoms. The molecule has 1 aliphatic rings. The third-order valence-corrected chi connectivity index (χ3v) is 5.24. The summed E-state index contributed by atoms with van der Waals surface area (Å²) >= 11 is 0. The van der Waals surface area contributed by atoms with E-state index in [1.54, 1.807) is 0 Å². The Hall–Kier alpha value is -2.83. The van der Waals surface area contributed by atoms with E-state index in [1.165, 1.54) is 0 Å². The van der Waals surface area contributed by atoms with Gasteiger partial charge in [0.25, 0.3) is 0 Å². The molecule has 0 unspecified atom stereocenters. The first kappa shape index (κ1) is 20.9. The van der Waals surface area contributed by atoms with Gasteiger partial charge >= 0.3 is 12.1 Å². The first-order valence-electron chi connectivity index (χ1n) is 9.60. The minimum absolute atomic E-state index is 0.0448. The zero-order chi connectivity index (χ0) is 20.9. The van der Waals surface area contributed by atoms with E-state index in [2.05, 4.69) is 5.32 Å². The number of hydrogen-bond acceptors (Lipinski definition) is 2. The predicted molar refractivity (Wildman–Crippen MR) is 103 cm³/mol. The van der Waals surface area contributed by atoms with Crippen LogP contribution in [-0.4, -0.2) is 42.5 Å². The zero-order valence-corrected chi connectivity index (χ0v) is 15.9. The molecule has 0 aromatic heterocycles. The molecule has 1 saturated heterocycles. The highest BCUT2D eigenvalue weighted by Gasteiger charge is 2.43. The van der Waals surface area contributed by atoms with Crippen molar-refractivity contribution in [1.82, 2.24) is 10.2 Å². The molecule has 4 nitrogen and oxygen atoms in total. The fourth-order valence-electron chi connectivity index (χ4n) is 3.65. The summed E-state index contributed by atoms with van der Waals surface area (Å²) in [5, 5.41) is 2.96. The average molecular weight is 404 g/mol. The highest BCUT2D eigenvalue weighted by molar-refractivity contribution is 5.87. The van der Waals surface area contributed by atoms with Gasteiger partial charge in [-0.05, 0) is 29.9 Å². The van der Waals surface area contributed by atoms with Crippen molar-refractivity contribution in [3.63, 3.8) is 0 Å². The molecule has 154 valence electrons. The summed E-state index contributed by atoms with van der Waals surface area (Å²) in [5.41, 5.74) is 1.75. The molecule has 1 fully saturated rings. The Labute approximate surface area is 167 Å². The van der Waals surface area contributed by atoms with Crippen molar-refractivity contribution in [2.24, 2.45) is 5.92 Å². The van der Waals surface area contributed by atoms with Crippen LogP contribution in [0, 0.1) is 5.92 Å². The number of nitrogens with one attached hydrogen (secondary N) is 1. The van der Waals surface area contributed by atoms with E-state index in [4.69, 9.17) is 0 Å². The van der Waals surface area contributed by atoms with Gasteiger partial charge in [0, 0.05) is 19.6 Å². The predicted octanol–water partition coefficient (Wildman–Crippen LogP) is 3.74. The van der Waals surface area contributed by atoms with E-state index < -0.39 is 18.0 Å². The summed E-state index contributed by atoms with van der Waals surface area (Å²) in [4.78, 5) is 25.1. The maximum Gasteiger partial charge on any atom is 0.471 e. The molecule has 0 saturated carbocycles. The van der Waals surface area contributed by atoms with E-state index in [-0.39, 0.29) is 24.9 Å². The number of rotatable bonds is 5. The van der Waals surface area contributed by atoms with Crippen LogP contribution in [0.15, 0.2) is 60.7 Å². The molecule has 0 bridgehead atoms. The number of alkyl halides is 3. The zero-order valence-electron chi connectivity index (χ0n) is 15.9. The molecule has 0 radical (unpaired) electrons. The van der Waals surface area contributed by atoms with Crippen LogP contribution in [0.25, 0.3) is 0 Å². The molecular weight excluding hydrogens is 381 g/mol. The van der Waals surface area contributed by atoms with Gasteiger partial charge in [0.1, 0.15) is 0 Å². The lowest BCUT2D eigenvalue weighted by Crippen LogP contribution is -2.47. The van der Waals surface area contributed by atoms with Gasteiger partial charge < -0.3 is 10.2 Å². The van der Waals surface area contributed by atoms with Crippen LogP contribution in [0.3, 0.4) is 0 Å². The van der Waals surface area contributed by atoms with Gasteiger partial charge in [-0.3, -0.25) is 9.59 Å². The van der Waals surface area contributed by atoms with Gasteiger partial charge in [-0.25, -0.2) is 0 Å². The van der Waals surface area contributed by atoms with Gasteiger partial charge in [0.2, 0.25) is 5.91 Å². The number of nitrogens with zero attached hydrogens (tertiary/aromatic N) is 1. The molecule has 2 aromatic carbocycles. The SMILES string of the molecule is O=C(NCC1CCN(C(=O)C(F)(F)F)CC1)C(c1ccccc1)c1ccccc1. The first-order chi connectivity index (χ1) is 13.9. The first-order valence-corrected chi connectivity index (χ1v) is 9.60. The van der Waals surface area contributed by atoms with Crippen LogP contribution in [0.1, 0.15) is 29.9 Å². The van der Waals surface area contributed by atoms with Crippen molar-refractivity contribution in [3.05, 3.63) is 71.8 Å². The molecule has 7 heteroatoms. The fraction of sp³-hybridized carbons (Fsp3) is 0.364. The molecule has 0 atom stereocenters. The Kier molecular flexibility index (Phi) is 6.56. The Balaban J connectivity index is 1.60.